The fourth-order valence-electron chi connectivity index (χ4n) is 3.03. The van der Waals surface area contributed by atoms with Crippen molar-refractivity contribution in [1.29, 1.82) is 0 Å². The highest BCUT2D eigenvalue weighted by Gasteiger charge is 2.19. The van der Waals surface area contributed by atoms with Crippen LogP contribution in [0.15, 0.2) is 18.2 Å². The Labute approximate surface area is 164 Å². The van der Waals surface area contributed by atoms with E-state index in [1.807, 2.05) is 12.1 Å². The molecular formula is C18H25Cl2N3O3. The van der Waals surface area contributed by atoms with Crippen LogP contribution in [0.1, 0.15) is 24.8 Å². The Hall–Kier alpha value is -1.50. The molecule has 1 fully saturated rings. The lowest BCUT2D eigenvalue weighted by atomic mass is 9.93. The Balaban J connectivity index is 1.62. The third-order valence-electron chi connectivity index (χ3n) is 4.47. The Morgan fingerprint density at radius 1 is 1.19 bits per heavy atom. The SMILES string of the molecule is CNC(=O)COC(=O)NCCC1CCN(Cc2cc(Cl)cc(Cl)c2)CC1. The van der Waals surface area contributed by atoms with E-state index in [0.29, 0.717) is 22.5 Å². The molecule has 0 aromatic heterocycles. The highest BCUT2D eigenvalue weighted by molar-refractivity contribution is 6.34. The summed E-state index contributed by atoms with van der Waals surface area (Å²) >= 11 is 12.1. The summed E-state index contributed by atoms with van der Waals surface area (Å²) < 4.78 is 4.79. The molecule has 0 atom stereocenters. The monoisotopic (exact) mass is 401 g/mol. The average Bonchev–Trinajstić information content (AvgIpc) is 2.60. The molecule has 1 aromatic rings. The Morgan fingerprint density at radius 3 is 2.46 bits per heavy atom. The Bertz CT molecular complexity index is 599. The number of benzene rings is 1. The van der Waals surface area contributed by atoms with Gasteiger partial charge in [-0.05, 0) is 62.0 Å². The van der Waals surface area contributed by atoms with E-state index in [4.69, 9.17) is 27.9 Å². The van der Waals surface area contributed by atoms with Gasteiger partial charge in [0.15, 0.2) is 6.61 Å². The number of halogens is 2. The number of piperidine rings is 1. The number of carbonyl (C=O) groups is 2. The summed E-state index contributed by atoms with van der Waals surface area (Å²) in [7, 11) is 1.50. The van der Waals surface area contributed by atoms with Crippen LogP contribution in [0, 0.1) is 5.92 Å². The summed E-state index contributed by atoms with van der Waals surface area (Å²) in [4.78, 5) is 24.9. The molecule has 1 heterocycles. The Morgan fingerprint density at radius 2 is 1.85 bits per heavy atom. The summed E-state index contributed by atoms with van der Waals surface area (Å²) in [6.45, 7) is 3.16. The van der Waals surface area contributed by atoms with Gasteiger partial charge in [-0.1, -0.05) is 23.2 Å². The van der Waals surface area contributed by atoms with Crippen LogP contribution in [0.25, 0.3) is 0 Å². The van der Waals surface area contributed by atoms with Crippen LogP contribution in [0.4, 0.5) is 4.79 Å². The fourth-order valence-corrected chi connectivity index (χ4v) is 3.60. The minimum atomic E-state index is -0.552. The minimum absolute atomic E-state index is 0.256. The van der Waals surface area contributed by atoms with Crippen molar-refractivity contribution < 1.29 is 14.3 Å². The van der Waals surface area contributed by atoms with Crippen molar-refractivity contribution >= 4 is 35.2 Å². The van der Waals surface area contributed by atoms with Crippen molar-refractivity contribution in [3.05, 3.63) is 33.8 Å². The van der Waals surface area contributed by atoms with Gasteiger partial charge in [0.2, 0.25) is 0 Å². The molecule has 2 N–H and O–H groups in total. The quantitative estimate of drug-likeness (QED) is 0.736. The summed E-state index contributed by atoms with van der Waals surface area (Å²) in [6, 6.07) is 5.65. The predicted molar refractivity (Wildman–Crippen MR) is 102 cm³/mol. The van der Waals surface area contributed by atoms with Crippen LogP contribution in [0.5, 0.6) is 0 Å². The topological polar surface area (TPSA) is 70.7 Å². The first kappa shape index (κ1) is 20.8. The largest absolute Gasteiger partial charge is 0.439 e. The van der Waals surface area contributed by atoms with Crippen molar-refractivity contribution in [3.63, 3.8) is 0 Å². The van der Waals surface area contributed by atoms with Gasteiger partial charge in [0.25, 0.3) is 5.91 Å². The lowest BCUT2D eigenvalue weighted by Gasteiger charge is -2.32. The molecule has 0 saturated carbocycles. The van der Waals surface area contributed by atoms with E-state index in [0.717, 1.165) is 44.5 Å². The third-order valence-corrected chi connectivity index (χ3v) is 4.91. The molecular weight excluding hydrogens is 377 g/mol. The number of alkyl carbamates (subject to hydrolysis) is 1. The standard InChI is InChI=1S/C18H25Cl2N3O3/c1-21-17(24)12-26-18(25)22-5-2-13-3-6-23(7-4-13)11-14-8-15(19)10-16(20)9-14/h8-10,13H,2-7,11-12H2,1H3,(H,21,24)(H,22,25). The van der Waals surface area contributed by atoms with Gasteiger partial charge in [0, 0.05) is 30.2 Å². The molecule has 1 aromatic carbocycles. The van der Waals surface area contributed by atoms with E-state index >= 15 is 0 Å². The van der Waals surface area contributed by atoms with E-state index < -0.39 is 6.09 Å². The first-order chi connectivity index (χ1) is 12.5. The second-order valence-electron chi connectivity index (χ2n) is 6.46. The van der Waals surface area contributed by atoms with Crippen LogP contribution in [0.2, 0.25) is 10.0 Å². The molecule has 0 bridgehead atoms. The molecule has 1 aliphatic heterocycles. The highest BCUT2D eigenvalue weighted by atomic mass is 35.5. The minimum Gasteiger partial charge on any atom is -0.439 e. The first-order valence-electron chi connectivity index (χ1n) is 8.75. The normalized spacial score (nSPS) is 15.5. The smallest absolute Gasteiger partial charge is 0.407 e. The number of likely N-dealkylation sites (tertiary alicyclic amines) is 1. The van der Waals surface area contributed by atoms with E-state index in [-0.39, 0.29) is 12.5 Å². The molecule has 0 spiro atoms. The molecule has 2 rings (SSSR count). The fraction of sp³-hybridized carbons (Fsp3) is 0.556. The first-order valence-corrected chi connectivity index (χ1v) is 9.50. The second kappa shape index (κ2) is 10.6. The molecule has 2 amide bonds. The van der Waals surface area contributed by atoms with Crippen molar-refractivity contribution in [2.75, 3.05) is 33.3 Å². The number of likely N-dealkylation sites (N-methyl/N-ethyl adjacent to an activating group) is 1. The molecule has 8 heteroatoms. The van der Waals surface area contributed by atoms with Crippen molar-refractivity contribution in [2.45, 2.75) is 25.8 Å². The molecule has 0 radical (unpaired) electrons. The number of nitrogens with one attached hydrogen (secondary N) is 2. The number of carbonyl (C=O) groups excluding carboxylic acids is 2. The number of hydrogen-bond acceptors (Lipinski definition) is 4. The van der Waals surface area contributed by atoms with Gasteiger partial charge in [0.1, 0.15) is 0 Å². The van der Waals surface area contributed by atoms with Crippen molar-refractivity contribution in [1.82, 2.24) is 15.5 Å². The van der Waals surface area contributed by atoms with Gasteiger partial charge in [-0.25, -0.2) is 4.79 Å². The number of hydrogen-bond donors (Lipinski definition) is 2. The average molecular weight is 402 g/mol. The summed E-state index contributed by atoms with van der Waals surface area (Å²) in [5.41, 5.74) is 1.13. The number of rotatable bonds is 7. The zero-order valence-corrected chi connectivity index (χ0v) is 16.4. The predicted octanol–water partition coefficient (Wildman–Crippen LogP) is 3.07. The van der Waals surface area contributed by atoms with Crippen LogP contribution in [-0.4, -0.2) is 50.2 Å². The van der Waals surface area contributed by atoms with Crippen LogP contribution >= 0.6 is 23.2 Å². The summed E-state index contributed by atoms with van der Waals surface area (Å²) in [5.74, 6) is 0.252. The molecule has 0 aliphatic carbocycles. The van der Waals surface area contributed by atoms with E-state index in [9.17, 15) is 9.59 Å². The van der Waals surface area contributed by atoms with Crippen molar-refractivity contribution in [2.24, 2.45) is 5.92 Å². The molecule has 0 unspecified atom stereocenters. The third kappa shape index (κ3) is 7.40. The molecule has 1 saturated heterocycles. The van der Waals surface area contributed by atoms with Gasteiger partial charge in [-0.3, -0.25) is 9.69 Å². The maximum Gasteiger partial charge on any atom is 0.407 e. The maximum atomic E-state index is 11.5. The zero-order chi connectivity index (χ0) is 18.9. The highest BCUT2D eigenvalue weighted by Crippen LogP contribution is 2.24. The summed E-state index contributed by atoms with van der Waals surface area (Å²) in [6.07, 6.45) is 2.53. The lowest BCUT2D eigenvalue weighted by Crippen LogP contribution is -2.35. The van der Waals surface area contributed by atoms with E-state index in [2.05, 4.69) is 15.5 Å². The van der Waals surface area contributed by atoms with Gasteiger partial charge in [-0.2, -0.15) is 0 Å². The molecule has 1 aliphatic rings. The van der Waals surface area contributed by atoms with Crippen molar-refractivity contribution in [3.8, 4) is 0 Å². The van der Waals surface area contributed by atoms with E-state index in [1.54, 1.807) is 6.07 Å². The second-order valence-corrected chi connectivity index (χ2v) is 7.33. The Kier molecular flexibility index (Phi) is 8.48. The summed E-state index contributed by atoms with van der Waals surface area (Å²) in [5, 5.41) is 6.41. The van der Waals surface area contributed by atoms with Crippen LogP contribution in [0.3, 0.4) is 0 Å². The van der Waals surface area contributed by atoms with Gasteiger partial charge in [0.05, 0.1) is 0 Å². The van der Waals surface area contributed by atoms with Crippen LogP contribution < -0.4 is 10.6 Å². The molecule has 144 valence electrons. The van der Waals surface area contributed by atoms with Gasteiger partial charge < -0.3 is 15.4 Å². The zero-order valence-electron chi connectivity index (χ0n) is 14.9. The van der Waals surface area contributed by atoms with E-state index in [1.165, 1.54) is 7.05 Å². The molecule has 26 heavy (non-hydrogen) atoms. The maximum absolute atomic E-state index is 11.5. The number of ether oxygens (including phenoxy) is 1. The van der Waals surface area contributed by atoms with Crippen LogP contribution in [-0.2, 0) is 16.1 Å². The van der Waals surface area contributed by atoms with Gasteiger partial charge in [-0.15, -0.1) is 0 Å². The lowest BCUT2D eigenvalue weighted by molar-refractivity contribution is -0.123. The molecule has 6 nitrogen and oxygen atoms in total. The number of amides is 2. The van der Waals surface area contributed by atoms with Gasteiger partial charge >= 0.3 is 6.09 Å². The number of nitrogens with zero attached hydrogens (tertiary/aromatic N) is 1.